The van der Waals surface area contributed by atoms with Crippen LogP contribution in [0.25, 0.3) is 0 Å². The number of amides is 2. The number of ether oxygens (including phenoxy) is 1. The van der Waals surface area contributed by atoms with E-state index >= 15 is 0 Å². The van der Waals surface area contributed by atoms with E-state index in [9.17, 15) is 14.4 Å². The molecule has 2 atom stereocenters. The van der Waals surface area contributed by atoms with E-state index in [4.69, 9.17) is 9.84 Å². The Morgan fingerprint density at radius 2 is 1.84 bits per heavy atom. The first kappa shape index (κ1) is 17.3. The summed E-state index contributed by atoms with van der Waals surface area (Å²) in [4.78, 5) is 37.3. The maximum Gasteiger partial charge on any atom is 0.307 e. The Bertz CT molecular complexity index is 682. The maximum atomic E-state index is 12.5. The zero-order valence-corrected chi connectivity index (χ0v) is 14.1. The third kappa shape index (κ3) is 3.75. The minimum atomic E-state index is -0.899. The molecular weight excluding hydrogens is 324 g/mol. The van der Waals surface area contributed by atoms with Crippen molar-refractivity contribution in [3.63, 3.8) is 0 Å². The molecule has 0 radical (unpaired) electrons. The van der Waals surface area contributed by atoms with Gasteiger partial charge >= 0.3 is 5.97 Å². The molecule has 2 fully saturated rings. The molecule has 1 heterocycles. The molecule has 134 valence electrons. The number of anilines is 1. The maximum absolute atomic E-state index is 12.5. The third-order valence-electron chi connectivity index (χ3n) is 4.97. The lowest BCUT2D eigenvalue weighted by atomic mass is 9.95. The van der Waals surface area contributed by atoms with E-state index in [1.807, 2.05) is 12.1 Å². The molecule has 0 bridgehead atoms. The number of piperidine rings is 1. The van der Waals surface area contributed by atoms with Crippen LogP contribution in [-0.2, 0) is 14.4 Å². The second-order valence-corrected chi connectivity index (χ2v) is 6.58. The largest absolute Gasteiger partial charge is 0.495 e. The molecule has 0 aromatic heterocycles. The van der Waals surface area contributed by atoms with Crippen LogP contribution in [0.4, 0.5) is 5.69 Å². The number of aliphatic carboxylic acids is 1. The number of methoxy groups -OCH3 is 1. The monoisotopic (exact) mass is 346 g/mol. The average molecular weight is 346 g/mol. The number of likely N-dealkylation sites (tertiary alicyclic amines) is 1. The summed E-state index contributed by atoms with van der Waals surface area (Å²) in [5.74, 6) is -1.53. The van der Waals surface area contributed by atoms with Crippen molar-refractivity contribution in [2.75, 3.05) is 25.5 Å². The zero-order valence-electron chi connectivity index (χ0n) is 14.1. The summed E-state index contributed by atoms with van der Waals surface area (Å²) in [5.41, 5.74) is 0.635. The van der Waals surface area contributed by atoms with Gasteiger partial charge in [0.05, 0.1) is 24.6 Å². The van der Waals surface area contributed by atoms with Crippen molar-refractivity contribution in [2.45, 2.75) is 19.3 Å². The van der Waals surface area contributed by atoms with Crippen molar-refractivity contribution in [3.05, 3.63) is 24.3 Å². The summed E-state index contributed by atoms with van der Waals surface area (Å²) in [5, 5.41) is 11.8. The molecule has 2 amide bonds. The number of para-hydroxylation sites is 2. The SMILES string of the molecule is COc1ccccc1NC(=O)C1CCN(C(=O)[C@@H]2C[C@H]2C(=O)O)CC1. The van der Waals surface area contributed by atoms with Crippen molar-refractivity contribution in [1.82, 2.24) is 4.90 Å². The number of nitrogens with one attached hydrogen (secondary N) is 1. The van der Waals surface area contributed by atoms with Crippen molar-refractivity contribution in [2.24, 2.45) is 17.8 Å². The van der Waals surface area contributed by atoms with Crippen LogP contribution in [0.1, 0.15) is 19.3 Å². The second kappa shape index (κ2) is 7.13. The van der Waals surface area contributed by atoms with Gasteiger partial charge in [-0.25, -0.2) is 0 Å². The van der Waals surface area contributed by atoms with Crippen LogP contribution in [0, 0.1) is 17.8 Å². The van der Waals surface area contributed by atoms with Gasteiger partial charge in [0.2, 0.25) is 11.8 Å². The van der Waals surface area contributed by atoms with Gasteiger partial charge in [0, 0.05) is 19.0 Å². The molecule has 1 saturated carbocycles. The van der Waals surface area contributed by atoms with Crippen LogP contribution in [0.15, 0.2) is 24.3 Å². The number of hydrogen-bond donors (Lipinski definition) is 2. The minimum absolute atomic E-state index is 0.0774. The van der Waals surface area contributed by atoms with Crippen molar-refractivity contribution in [1.29, 1.82) is 0 Å². The van der Waals surface area contributed by atoms with E-state index in [1.165, 1.54) is 0 Å². The first-order valence-electron chi connectivity index (χ1n) is 8.46. The first-order valence-corrected chi connectivity index (χ1v) is 8.46. The highest BCUT2D eigenvalue weighted by Gasteiger charge is 2.50. The molecule has 0 unspecified atom stereocenters. The Morgan fingerprint density at radius 1 is 1.16 bits per heavy atom. The van der Waals surface area contributed by atoms with Gasteiger partial charge in [-0.05, 0) is 31.4 Å². The molecule has 2 aliphatic rings. The molecule has 1 aliphatic heterocycles. The summed E-state index contributed by atoms with van der Waals surface area (Å²) in [6.07, 6.45) is 1.59. The highest BCUT2D eigenvalue weighted by molar-refractivity contribution is 5.94. The summed E-state index contributed by atoms with van der Waals surface area (Å²) < 4.78 is 5.23. The summed E-state index contributed by atoms with van der Waals surface area (Å²) in [6.45, 7) is 0.983. The molecule has 7 nitrogen and oxygen atoms in total. The van der Waals surface area contributed by atoms with Crippen LogP contribution in [0.2, 0.25) is 0 Å². The number of nitrogens with zero attached hydrogens (tertiary/aromatic N) is 1. The van der Waals surface area contributed by atoms with Gasteiger partial charge in [0.25, 0.3) is 0 Å². The average Bonchev–Trinajstić information content (AvgIpc) is 3.43. The van der Waals surface area contributed by atoms with E-state index in [-0.39, 0.29) is 23.7 Å². The Labute approximate surface area is 146 Å². The molecule has 25 heavy (non-hydrogen) atoms. The molecular formula is C18H22N2O5. The Balaban J connectivity index is 1.51. The highest BCUT2D eigenvalue weighted by atomic mass is 16.5. The highest BCUT2D eigenvalue weighted by Crippen LogP contribution is 2.40. The second-order valence-electron chi connectivity index (χ2n) is 6.58. The predicted molar refractivity (Wildman–Crippen MR) is 90.2 cm³/mol. The first-order chi connectivity index (χ1) is 12.0. The van der Waals surface area contributed by atoms with Gasteiger partial charge in [0.15, 0.2) is 0 Å². The summed E-state index contributed by atoms with van der Waals surface area (Å²) >= 11 is 0. The number of rotatable bonds is 5. The molecule has 3 rings (SSSR count). The Kier molecular flexibility index (Phi) is 4.92. The van der Waals surface area contributed by atoms with Gasteiger partial charge in [-0.2, -0.15) is 0 Å². The normalized spacial score (nSPS) is 23.0. The molecule has 1 saturated heterocycles. The van der Waals surface area contributed by atoms with Gasteiger partial charge < -0.3 is 20.1 Å². The van der Waals surface area contributed by atoms with Gasteiger partial charge in [-0.15, -0.1) is 0 Å². The van der Waals surface area contributed by atoms with Crippen LogP contribution < -0.4 is 10.1 Å². The topological polar surface area (TPSA) is 95.9 Å². The summed E-state index contributed by atoms with van der Waals surface area (Å²) in [6, 6.07) is 7.23. The number of carboxylic acids is 1. The molecule has 1 aromatic rings. The van der Waals surface area contributed by atoms with E-state index in [2.05, 4.69) is 5.32 Å². The van der Waals surface area contributed by atoms with E-state index in [0.29, 0.717) is 43.8 Å². The van der Waals surface area contributed by atoms with Crippen LogP contribution in [-0.4, -0.2) is 48.0 Å². The number of hydrogen-bond acceptors (Lipinski definition) is 4. The lowest BCUT2D eigenvalue weighted by Gasteiger charge is -2.31. The fourth-order valence-corrected chi connectivity index (χ4v) is 3.32. The lowest BCUT2D eigenvalue weighted by Crippen LogP contribution is -2.42. The zero-order chi connectivity index (χ0) is 18.0. The number of carbonyl (C=O) groups is 3. The van der Waals surface area contributed by atoms with Crippen LogP contribution in [0.5, 0.6) is 5.75 Å². The Morgan fingerprint density at radius 3 is 2.44 bits per heavy atom. The van der Waals surface area contributed by atoms with E-state index in [0.717, 1.165) is 0 Å². The Hall–Kier alpha value is -2.57. The minimum Gasteiger partial charge on any atom is -0.495 e. The van der Waals surface area contributed by atoms with Gasteiger partial charge in [0.1, 0.15) is 5.75 Å². The molecule has 2 N–H and O–H groups in total. The van der Waals surface area contributed by atoms with Crippen LogP contribution >= 0.6 is 0 Å². The fourth-order valence-electron chi connectivity index (χ4n) is 3.32. The molecule has 7 heteroatoms. The van der Waals surface area contributed by atoms with Gasteiger partial charge in [-0.1, -0.05) is 12.1 Å². The quantitative estimate of drug-likeness (QED) is 0.844. The predicted octanol–water partition coefficient (Wildman–Crippen LogP) is 1.59. The van der Waals surface area contributed by atoms with E-state index < -0.39 is 11.9 Å². The molecule has 0 spiro atoms. The van der Waals surface area contributed by atoms with Crippen molar-refractivity contribution < 1.29 is 24.2 Å². The van der Waals surface area contributed by atoms with Gasteiger partial charge in [-0.3, -0.25) is 14.4 Å². The van der Waals surface area contributed by atoms with Crippen molar-refractivity contribution >= 4 is 23.5 Å². The smallest absolute Gasteiger partial charge is 0.307 e. The third-order valence-corrected chi connectivity index (χ3v) is 4.97. The molecule has 1 aliphatic carbocycles. The van der Waals surface area contributed by atoms with E-state index in [1.54, 1.807) is 24.1 Å². The summed E-state index contributed by atoms with van der Waals surface area (Å²) in [7, 11) is 1.55. The number of carboxylic acid groups (broad SMARTS) is 1. The number of benzene rings is 1. The standard InChI is InChI=1S/C18H22N2O5/c1-25-15-5-3-2-4-14(15)19-16(21)11-6-8-20(9-7-11)17(22)12-10-13(12)18(23)24/h2-5,11-13H,6-10H2,1H3,(H,19,21)(H,23,24)/t12-,13-/m1/s1. The number of carbonyl (C=O) groups excluding carboxylic acids is 2. The van der Waals surface area contributed by atoms with Crippen molar-refractivity contribution in [3.8, 4) is 5.75 Å². The lowest BCUT2D eigenvalue weighted by molar-refractivity contribution is -0.142. The van der Waals surface area contributed by atoms with Crippen LogP contribution in [0.3, 0.4) is 0 Å². The fraction of sp³-hybridized carbons (Fsp3) is 0.500. The molecule has 1 aromatic carbocycles.